The summed E-state index contributed by atoms with van der Waals surface area (Å²) < 4.78 is 32.2. The lowest BCUT2D eigenvalue weighted by Crippen LogP contribution is -2.44. The smallest absolute Gasteiger partial charge is 0.407 e. The van der Waals surface area contributed by atoms with Gasteiger partial charge in [0, 0.05) is 24.7 Å². The van der Waals surface area contributed by atoms with Crippen molar-refractivity contribution in [2.24, 2.45) is 5.92 Å². The minimum absolute atomic E-state index is 0.0669. The molecular formula is C18H27ClN2O4S. The molecule has 1 aliphatic rings. The molecule has 1 aromatic rings. The maximum absolute atomic E-state index is 12.7. The highest BCUT2D eigenvalue weighted by Gasteiger charge is 2.30. The highest BCUT2D eigenvalue weighted by molar-refractivity contribution is 7.88. The molecule has 8 heteroatoms. The molecule has 6 nitrogen and oxygen atoms in total. The van der Waals surface area contributed by atoms with Gasteiger partial charge in [0.1, 0.15) is 5.60 Å². The van der Waals surface area contributed by atoms with Gasteiger partial charge in [0.25, 0.3) is 0 Å². The number of nitrogens with one attached hydrogen (secondary N) is 1. The third-order valence-electron chi connectivity index (χ3n) is 4.10. The monoisotopic (exact) mass is 402 g/mol. The summed E-state index contributed by atoms with van der Waals surface area (Å²) in [5, 5.41) is 3.19. The van der Waals surface area contributed by atoms with Gasteiger partial charge in [-0.1, -0.05) is 29.8 Å². The van der Waals surface area contributed by atoms with E-state index in [0.717, 1.165) is 12.8 Å². The zero-order valence-electron chi connectivity index (χ0n) is 15.5. The summed E-state index contributed by atoms with van der Waals surface area (Å²) in [5.41, 5.74) is 0.0456. The highest BCUT2D eigenvalue weighted by atomic mass is 35.5. The minimum Gasteiger partial charge on any atom is -0.444 e. The third-order valence-corrected chi connectivity index (χ3v) is 6.27. The Kier molecular flexibility index (Phi) is 6.93. The Bertz CT molecular complexity index is 731. The molecule has 1 fully saturated rings. The standard InChI is InChI=1S/C18H27ClN2O4S/c1-18(2,3)25-17(22)20-11-14-7-6-10-21(12-14)26(23,24)13-15-8-4-5-9-16(15)19/h4-5,8-9,14H,6-7,10-13H2,1-3H3,(H,20,22). The maximum Gasteiger partial charge on any atom is 0.407 e. The van der Waals surface area contributed by atoms with Gasteiger partial charge in [0.05, 0.1) is 5.75 Å². The molecule has 1 atom stereocenters. The molecule has 1 unspecified atom stereocenters. The molecule has 0 spiro atoms. The van der Waals surface area contributed by atoms with Crippen molar-refractivity contribution in [1.82, 2.24) is 9.62 Å². The average molecular weight is 403 g/mol. The van der Waals surface area contributed by atoms with Crippen LogP contribution in [0.4, 0.5) is 4.79 Å². The van der Waals surface area contributed by atoms with Crippen molar-refractivity contribution in [3.05, 3.63) is 34.9 Å². The summed E-state index contributed by atoms with van der Waals surface area (Å²) in [6.07, 6.45) is 1.16. The first-order chi connectivity index (χ1) is 12.1. The molecule has 1 aliphatic heterocycles. The van der Waals surface area contributed by atoms with Crippen LogP contribution in [0.1, 0.15) is 39.2 Å². The van der Waals surface area contributed by atoms with Crippen molar-refractivity contribution in [2.45, 2.75) is 45.0 Å². The third kappa shape index (κ3) is 6.45. The zero-order chi connectivity index (χ0) is 19.4. The fourth-order valence-corrected chi connectivity index (χ4v) is 4.85. The summed E-state index contributed by atoms with van der Waals surface area (Å²) in [4.78, 5) is 11.8. The number of rotatable bonds is 5. The molecule has 1 heterocycles. The van der Waals surface area contributed by atoms with Crippen molar-refractivity contribution in [1.29, 1.82) is 0 Å². The summed E-state index contributed by atoms with van der Waals surface area (Å²) in [5.74, 6) is -0.0453. The molecule has 146 valence electrons. The van der Waals surface area contributed by atoms with Crippen molar-refractivity contribution in [3.8, 4) is 0 Å². The summed E-state index contributed by atoms with van der Waals surface area (Å²) in [6, 6.07) is 6.97. The lowest BCUT2D eigenvalue weighted by Gasteiger charge is -2.32. The summed E-state index contributed by atoms with van der Waals surface area (Å²) >= 11 is 6.09. The fraction of sp³-hybridized carbons (Fsp3) is 0.611. The zero-order valence-corrected chi connectivity index (χ0v) is 17.1. The van der Waals surface area contributed by atoms with Crippen molar-refractivity contribution in [2.75, 3.05) is 19.6 Å². The molecule has 0 aliphatic carbocycles. The quantitative estimate of drug-likeness (QED) is 0.818. The molecule has 0 bridgehead atoms. The predicted octanol–water partition coefficient (Wildman–Crippen LogP) is 3.41. The van der Waals surface area contributed by atoms with E-state index in [9.17, 15) is 13.2 Å². The Hall–Kier alpha value is -1.31. The van der Waals surface area contributed by atoms with Crippen LogP contribution >= 0.6 is 11.6 Å². The first-order valence-corrected chi connectivity index (χ1v) is 10.7. The van der Waals surface area contributed by atoms with E-state index in [4.69, 9.17) is 16.3 Å². The van der Waals surface area contributed by atoms with Crippen LogP contribution < -0.4 is 5.32 Å². The van der Waals surface area contributed by atoms with Crippen molar-refractivity contribution >= 4 is 27.7 Å². The first-order valence-electron chi connectivity index (χ1n) is 8.75. The number of nitrogens with zero attached hydrogens (tertiary/aromatic N) is 1. The number of hydrogen-bond acceptors (Lipinski definition) is 4. The van der Waals surface area contributed by atoms with Crippen LogP contribution in [0.2, 0.25) is 5.02 Å². The van der Waals surface area contributed by atoms with Gasteiger partial charge in [-0.2, -0.15) is 0 Å². The van der Waals surface area contributed by atoms with E-state index in [1.54, 1.807) is 45.0 Å². The Morgan fingerprint density at radius 1 is 1.35 bits per heavy atom. The number of amides is 1. The number of alkyl carbamates (subject to hydrolysis) is 1. The number of carbonyl (C=O) groups is 1. The van der Waals surface area contributed by atoms with E-state index in [1.165, 1.54) is 4.31 Å². The summed E-state index contributed by atoms with van der Waals surface area (Å²) in [7, 11) is -3.45. The largest absolute Gasteiger partial charge is 0.444 e. The second kappa shape index (κ2) is 8.59. The first kappa shape index (κ1) is 21.0. The van der Waals surface area contributed by atoms with Crippen molar-refractivity contribution < 1.29 is 17.9 Å². The molecule has 0 saturated carbocycles. The van der Waals surface area contributed by atoms with Crippen LogP contribution in [0.5, 0.6) is 0 Å². The maximum atomic E-state index is 12.7. The van der Waals surface area contributed by atoms with Gasteiger partial charge in [-0.3, -0.25) is 0 Å². The highest BCUT2D eigenvalue weighted by Crippen LogP contribution is 2.24. The van der Waals surface area contributed by atoms with E-state index in [2.05, 4.69) is 5.32 Å². The Morgan fingerprint density at radius 2 is 2.04 bits per heavy atom. The van der Waals surface area contributed by atoms with Gasteiger partial charge in [0.15, 0.2) is 0 Å². The lowest BCUT2D eigenvalue weighted by atomic mass is 10.00. The van der Waals surface area contributed by atoms with E-state index in [-0.39, 0.29) is 11.7 Å². The molecule has 1 N–H and O–H groups in total. The normalized spacial score (nSPS) is 19.2. The van der Waals surface area contributed by atoms with Gasteiger partial charge in [-0.05, 0) is 51.2 Å². The molecular weight excluding hydrogens is 376 g/mol. The van der Waals surface area contributed by atoms with Crippen LogP contribution in [0, 0.1) is 5.92 Å². The topological polar surface area (TPSA) is 75.7 Å². The molecule has 26 heavy (non-hydrogen) atoms. The van der Waals surface area contributed by atoms with Crippen LogP contribution in [-0.4, -0.2) is 44.1 Å². The van der Waals surface area contributed by atoms with Gasteiger partial charge < -0.3 is 10.1 Å². The van der Waals surface area contributed by atoms with E-state index < -0.39 is 21.7 Å². The fourth-order valence-electron chi connectivity index (χ4n) is 2.89. The molecule has 2 rings (SSSR count). The number of hydrogen-bond donors (Lipinski definition) is 1. The minimum atomic E-state index is -3.45. The van der Waals surface area contributed by atoms with Crippen LogP contribution in [0.3, 0.4) is 0 Å². The van der Waals surface area contributed by atoms with Gasteiger partial charge in [0.2, 0.25) is 10.0 Å². The van der Waals surface area contributed by atoms with Gasteiger partial charge in [-0.25, -0.2) is 17.5 Å². The Morgan fingerprint density at radius 3 is 2.69 bits per heavy atom. The van der Waals surface area contributed by atoms with Gasteiger partial charge >= 0.3 is 6.09 Å². The number of ether oxygens (including phenoxy) is 1. The van der Waals surface area contributed by atoms with Gasteiger partial charge in [-0.15, -0.1) is 0 Å². The lowest BCUT2D eigenvalue weighted by molar-refractivity contribution is 0.0513. The van der Waals surface area contributed by atoms with Crippen LogP contribution in [0.15, 0.2) is 24.3 Å². The van der Waals surface area contributed by atoms with Crippen LogP contribution in [0.25, 0.3) is 0 Å². The Balaban J connectivity index is 1.92. The second-order valence-electron chi connectivity index (χ2n) is 7.60. The molecule has 1 aromatic carbocycles. The molecule has 1 saturated heterocycles. The average Bonchev–Trinajstić information content (AvgIpc) is 2.54. The number of carbonyl (C=O) groups excluding carboxylic acids is 1. The Labute approximate surface area is 160 Å². The van der Waals surface area contributed by atoms with E-state index in [0.29, 0.717) is 30.2 Å². The second-order valence-corrected chi connectivity index (χ2v) is 9.97. The SMILES string of the molecule is CC(C)(C)OC(=O)NCC1CCCN(S(=O)(=O)Cc2ccccc2Cl)C1. The predicted molar refractivity (Wildman–Crippen MR) is 103 cm³/mol. The van der Waals surface area contributed by atoms with Crippen LogP contribution in [-0.2, 0) is 20.5 Å². The van der Waals surface area contributed by atoms with Crippen molar-refractivity contribution in [3.63, 3.8) is 0 Å². The molecule has 1 amide bonds. The molecule has 0 aromatic heterocycles. The number of benzene rings is 1. The molecule has 0 radical (unpaired) electrons. The number of piperidine rings is 1. The number of halogens is 1. The van der Waals surface area contributed by atoms with E-state index in [1.807, 2.05) is 0 Å². The van der Waals surface area contributed by atoms with E-state index >= 15 is 0 Å². The summed E-state index contributed by atoms with van der Waals surface area (Å²) in [6.45, 7) is 6.69. The number of sulfonamides is 1.